The number of methoxy groups -OCH3 is 1. The average Bonchev–Trinajstić information content (AvgIpc) is 3.12. The topological polar surface area (TPSA) is 64.3 Å². The van der Waals surface area contributed by atoms with Crippen molar-refractivity contribution in [3.63, 3.8) is 0 Å². The number of nitrogen functional groups attached to an aromatic ring is 1. The smallest absolute Gasteiger partial charge is 0.225 e. The van der Waals surface area contributed by atoms with Gasteiger partial charge in [0, 0.05) is 18.7 Å². The lowest BCUT2D eigenvalue weighted by molar-refractivity contribution is 0.397. The van der Waals surface area contributed by atoms with Crippen molar-refractivity contribution in [1.82, 2.24) is 9.97 Å². The molecule has 0 unspecified atom stereocenters. The highest BCUT2D eigenvalue weighted by atomic mass is 32.1. The van der Waals surface area contributed by atoms with Crippen molar-refractivity contribution in [2.75, 3.05) is 17.7 Å². The fourth-order valence-electron chi connectivity index (χ4n) is 2.04. The summed E-state index contributed by atoms with van der Waals surface area (Å²) in [5.41, 5.74) is 7.04. The molecular formula is C13H16N4OS. The molecule has 19 heavy (non-hydrogen) atoms. The summed E-state index contributed by atoms with van der Waals surface area (Å²) in [7, 11) is 1.59. The minimum atomic E-state index is 0.255. The first kappa shape index (κ1) is 12.2. The van der Waals surface area contributed by atoms with Gasteiger partial charge in [-0.25, -0.2) is 0 Å². The predicted molar refractivity (Wildman–Crippen MR) is 76.5 cm³/mol. The molecule has 0 aliphatic heterocycles. The second kappa shape index (κ2) is 5.05. The van der Waals surface area contributed by atoms with Crippen molar-refractivity contribution in [3.05, 3.63) is 28.5 Å². The number of aromatic nitrogens is 2. The van der Waals surface area contributed by atoms with E-state index < -0.39 is 0 Å². The SMILES string of the molecule is COc1cc(N(Cc2ccsc2)C2CC2)nc(N)n1. The number of thiophene rings is 1. The fourth-order valence-corrected chi connectivity index (χ4v) is 2.70. The van der Waals surface area contributed by atoms with Gasteiger partial charge in [0.1, 0.15) is 5.82 Å². The van der Waals surface area contributed by atoms with Crippen LogP contribution in [0.25, 0.3) is 0 Å². The Bertz CT molecular complexity index is 554. The molecule has 5 nitrogen and oxygen atoms in total. The summed E-state index contributed by atoms with van der Waals surface area (Å²) >= 11 is 1.71. The number of nitrogens with zero attached hydrogens (tertiary/aromatic N) is 3. The Morgan fingerprint density at radius 1 is 1.47 bits per heavy atom. The van der Waals surface area contributed by atoms with Gasteiger partial charge in [0.15, 0.2) is 0 Å². The van der Waals surface area contributed by atoms with Gasteiger partial charge in [0.25, 0.3) is 0 Å². The summed E-state index contributed by atoms with van der Waals surface area (Å²) in [5, 5.41) is 4.26. The van der Waals surface area contributed by atoms with Crippen LogP contribution < -0.4 is 15.4 Å². The molecule has 2 N–H and O–H groups in total. The molecule has 2 heterocycles. The van der Waals surface area contributed by atoms with Gasteiger partial charge in [-0.2, -0.15) is 21.3 Å². The first-order valence-corrected chi connectivity index (χ1v) is 7.17. The molecule has 1 aliphatic rings. The lowest BCUT2D eigenvalue weighted by Gasteiger charge is -2.23. The van der Waals surface area contributed by atoms with E-state index in [1.807, 2.05) is 6.07 Å². The van der Waals surface area contributed by atoms with Gasteiger partial charge in [0.05, 0.1) is 7.11 Å². The quantitative estimate of drug-likeness (QED) is 0.907. The first-order valence-electron chi connectivity index (χ1n) is 6.22. The third-order valence-corrected chi connectivity index (χ3v) is 3.86. The lowest BCUT2D eigenvalue weighted by atomic mass is 10.3. The van der Waals surface area contributed by atoms with Crippen LogP contribution in [-0.2, 0) is 6.54 Å². The van der Waals surface area contributed by atoms with E-state index >= 15 is 0 Å². The molecule has 0 atom stereocenters. The highest BCUT2D eigenvalue weighted by Gasteiger charge is 2.30. The molecule has 3 rings (SSSR count). The lowest BCUT2D eigenvalue weighted by Crippen LogP contribution is -2.26. The Hall–Kier alpha value is -1.82. The predicted octanol–water partition coefficient (Wildman–Crippen LogP) is 2.30. The number of hydrogen-bond donors (Lipinski definition) is 1. The van der Waals surface area contributed by atoms with Crippen molar-refractivity contribution >= 4 is 23.1 Å². The normalized spacial score (nSPS) is 14.4. The van der Waals surface area contributed by atoms with Crippen LogP contribution in [0, 0.1) is 0 Å². The summed E-state index contributed by atoms with van der Waals surface area (Å²) in [6.45, 7) is 0.855. The highest BCUT2D eigenvalue weighted by Crippen LogP contribution is 2.33. The van der Waals surface area contributed by atoms with E-state index in [-0.39, 0.29) is 5.95 Å². The standard InChI is InChI=1S/C13H16N4OS/c1-18-12-6-11(15-13(14)16-12)17(10-2-3-10)7-9-4-5-19-8-9/h4-6,8,10H,2-3,7H2,1H3,(H2,14,15,16). The largest absolute Gasteiger partial charge is 0.481 e. The van der Waals surface area contributed by atoms with Gasteiger partial charge in [0.2, 0.25) is 11.8 Å². The minimum absolute atomic E-state index is 0.255. The zero-order chi connectivity index (χ0) is 13.2. The zero-order valence-electron chi connectivity index (χ0n) is 10.7. The molecule has 1 saturated carbocycles. The van der Waals surface area contributed by atoms with Crippen molar-refractivity contribution in [1.29, 1.82) is 0 Å². The molecule has 2 aromatic rings. The van der Waals surface area contributed by atoms with Crippen LogP contribution >= 0.6 is 11.3 Å². The maximum atomic E-state index is 5.74. The summed E-state index contributed by atoms with van der Waals surface area (Å²) in [6.07, 6.45) is 2.41. The van der Waals surface area contributed by atoms with E-state index in [2.05, 4.69) is 31.7 Å². The van der Waals surface area contributed by atoms with Crippen molar-refractivity contribution < 1.29 is 4.74 Å². The molecule has 2 aromatic heterocycles. The Morgan fingerprint density at radius 3 is 2.95 bits per heavy atom. The van der Waals surface area contributed by atoms with Crippen molar-refractivity contribution in [2.45, 2.75) is 25.4 Å². The molecule has 0 bridgehead atoms. The van der Waals surface area contributed by atoms with Crippen LogP contribution in [0.2, 0.25) is 0 Å². The van der Waals surface area contributed by atoms with Gasteiger partial charge in [-0.15, -0.1) is 0 Å². The van der Waals surface area contributed by atoms with Crippen LogP contribution in [0.1, 0.15) is 18.4 Å². The maximum absolute atomic E-state index is 5.74. The number of rotatable bonds is 5. The molecule has 0 amide bonds. The second-order valence-corrected chi connectivity index (χ2v) is 5.40. The Morgan fingerprint density at radius 2 is 2.32 bits per heavy atom. The molecular weight excluding hydrogens is 260 g/mol. The van der Waals surface area contributed by atoms with E-state index in [9.17, 15) is 0 Å². The van der Waals surface area contributed by atoms with Crippen LogP contribution in [-0.4, -0.2) is 23.1 Å². The number of anilines is 2. The molecule has 1 fully saturated rings. The maximum Gasteiger partial charge on any atom is 0.225 e. The van der Waals surface area contributed by atoms with E-state index in [0.29, 0.717) is 11.9 Å². The zero-order valence-corrected chi connectivity index (χ0v) is 11.6. The molecule has 0 saturated heterocycles. The molecule has 100 valence electrons. The van der Waals surface area contributed by atoms with E-state index in [1.165, 1.54) is 18.4 Å². The Balaban J connectivity index is 1.89. The highest BCUT2D eigenvalue weighted by molar-refractivity contribution is 7.07. The van der Waals surface area contributed by atoms with Gasteiger partial charge in [-0.05, 0) is 35.2 Å². The van der Waals surface area contributed by atoms with E-state index in [1.54, 1.807) is 18.4 Å². The number of hydrogen-bond acceptors (Lipinski definition) is 6. The van der Waals surface area contributed by atoms with E-state index in [0.717, 1.165) is 12.4 Å². The van der Waals surface area contributed by atoms with Crippen LogP contribution in [0.4, 0.5) is 11.8 Å². The van der Waals surface area contributed by atoms with Gasteiger partial charge >= 0.3 is 0 Å². The molecule has 0 spiro atoms. The van der Waals surface area contributed by atoms with E-state index in [4.69, 9.17) is 10.5 Å². The molecule has 6 heteroatoms. The van der Waals surface area contributed by atoms with Gasteiger partial charge in [-0.3, -0.25) is 0 Å². The van der Waals surface area contributed by atoms with Crippen LogP contribution in [0.5, 0.6) is 5.88 Å². The Kier molecular flexibility index (Phi) is 3.25. The number of ether oxygens (including phenoxy) is 1. The fraction of sp³-hybridized carbons (Fsp3) is 0.385. The van der Waals surface area contributed by atoms with Crippen LogP contribution in [0.3, 0.4) is 0 Å². The van der Waals surface area contributed by atoms with Gasteiger partial charge in [-0.1, -0.05) is 0 Å². The Labute approximate surface area is 116 Å². The van der Waals surface area contributed by atoms with Crippen molar-refractivity contribution in [2.24, 2.45) is 0 Å². The second-order valence-electron chi connectivity index (χ2n) is 4.62. The molecule has 0 aromatic carbocycles. The molecule has 0 radical (unpaired) electrons. The molecule has 1 aliphatic carbocycles. The monoisotopic (exact) mass is 276 g/mol. The van der Waals surface area contributed by atoms with Crippen LogP contribution in [0.15, 0.2) is 22.9 Å². The summed E-state index contributed by atoms with van der Waals surface area (Å²) in [4.78, 5) is 10.7. The summed E-state index contributed by atoms with van der Waals surface area (Å²) in [5.74, 6) is 1.61. The third-order valence-electron chi connectivity index (χ3n) is 3.13. The minimum Gasteiger partial charge on any atom is -0.481 e. The third kappa shape index (κ3) is 2.78. The van der Waals surface area contributed by atoms with Crippen molar-refractivity contribution in [3.8, 4) is 5.88 Å². The summed E-state index contributed by atoms with van der Waals surface area (Å²) in [6, 6.07) is 4.54. The average molecular weight is 276 g/mol. The van der Waals surface area contributed by atoms with Gasteiger partial charge < -0.3 is 15.4 Å². The number of nitrogens with two attached hydrogens (primary N) is 1. The summed E-state index contributed by atoms with van der Waals surface area (Å²) < 4.78 is 5.17. The first-order chi connectivity index (χ1) is 9.26.